The van der Waals surface area contributed by atoms with Crippen LogP contribution in [-0.2, 0) is 10.3 Å². The average molecular weight is 309 g/mol. The van der Waals surface area contributed by atoms with Crippen molar-refractivity contribution in [3.63, 3.8) is 0 Å². The van der Waals surface area contributed by atoms with Crippen molar-refractivity contribution in [2.45, 2.75) is 50.7 Å². The molecule has 1 unspecified atom stereocenters. The number of rotatable bonds is 6. The molecule has 21 heavy (non-hydrogen) atoms. The topological polar surface area (TPSA) is 65.5 Å². The summed E-state index contributed by atoms with van der Waals surface area (Å²) in [7, 11) is 0. The molecule has 0 radical (unpaired) electrons. The smallest absolute Gasteiger partial charge is 0.222 e. The Morgan fingerprint density at radius 1 is 1.52 bits per heavy atom. The number of β-amino-alcohol motifs (C(OH)–C–C–N with tert-alkyl or cyclic N) is 1. The van der Waals surface area contributed by atoms with Crippen molar-refractivity contribution in [2.75, 3.05) is 19.6 Å². The van der Waals surface area contributed by atoms with Crippen molar-refractivity contribution in [2.24, 2.45) is 0 Å². The molecule has 1 atom stereocenters. The van der Waals surface area contributed by atoms with E-state index < -0.39 is 6.10 Å². The number of thiazole rings is 1. The van der Waals surface area contributed by atoms with Gasteiger partial charge in [-0.05, 0) is 32.6 Å². The molecule has 1 aromatic rings. The van der Waals surface area contributed by atoms with Crippen LogP contribution in [0.15, 0.2) is 5.38 Å². The molecule has 1 saturated carbocycles. The number of carbonyl (C=O) groups is 1. The van der Waals surface area contributed by atoms with Crippen LogP contribution in [0.2, 0.25) is 0 Å². The van der Waals surface area contributed by atoms with Crippen LogP contribution >= 0.6 is 11.3 Å². The number of likely N-dealkylation sites (tertiary alicyclic amines) is 1. The maximum atomic E-state index is 11.6. The number of nitrogens with one attached hydrogen (secondary N) is 1. The monoisotopic (exact) mass is 309 g/mol. The molecule has 1 aliphatic heterocycles. The van der Waals surface area contributed by atoms with Crippen LogP contribution in [0.3, 0.4) is 0 Å². The molecule has 116 valence electrons. The highest BCUT2D eigenvalue weighted by Gasteiger charge is 2.41. The van der Waals surface area contributed by atoms with E-state index in [0.29, 0.717) is 19.5 Å². The minimum atomic E-state index is -0.509. The lowest BCUT2D eigenvalue weighted by atomic mass is 9.77. The van der Waals surface area contributed by atoms with E-state index in [9.17, 15) is 9.90 Å². The van der Waals surface area contributed by atoms with Crippen LogP contribution in [-0.4, -0.2) is 46.6 Å². The number of hydrogen-bond donors (Lipinski definition) is 2. The lowest BCUT2D eigenvalue weighted by Gasteiger charge is -2.41. The molecule has 0 spiro atoms. The molecule has 2 fully saturated rings. The van der Waals surface area contributed by atoms with E-state index in [1.165, 1.54) is 6.42 Å². The van der Waals surface area contributed by atoms with Gasteiger partial charge in [0, 0.05) is 37.1 Å². The fourth-order valence-electron chi connectivity index (χ4n) is 3.10. The number of nitrogens with zero attached hydrogens (tertiary/aromatic N) is 2. The Morgan fingerprint density at radius 3 is 2.86 bits per heavy atom. The maximum absolute atomic E-state index is 11.6. The molecule has 5 nitrogen and oxygen atoms in total. The summed E-state index contributed by atoms with van der Waals surface area (Å²) in [6.45, 7) is 3.76. The molecule has 3 rings (SSSR count). The van der Waals surface area contributed by atoms with Crippen LogP contribution in [0.1, 0.15) is 42.8 Å². The van der Waals surface area contributed by atoms with Gasteiger partial charge >= 0.3 is 0 Å². The van der Waals surface area contributed by atoms with E-state index in [0.717, 1.165) is 36.5 Å². The Labute approximate surface area is 129 Å². The zero-order chi connectivity index (χ0) is 14.9. The summed E-state index contributed by atoms with van der Waals surface area (Å²) < 4.78 is 0. The fraction of sp³-hybridized carbons (Fsp3) is 0.733. The number of hydrogen-bond acceptors (Lipinski definition) is 5. The van der Waals surface area contributed by atoms with Gasteiger partial charge in [0.15, 0.2) is 0 Å². The number of carbonyl (C=O) groups excluding carboxylic acids is 1. The molecule has 0 bridgehead atoms. The molecule has 2 aliphatic rings. The standard InChI is InChI=1S/C15H23N3O2S/c1-11-10-21-14(17-11)15(5-3-6-15)16-8-12(19)9-18-7-2-4-13(18)20/h10,12,16,19H,2-9H2,1H3. The zero-order valence-electron chi connectivity index (χ0n) is 12.5. The van der Waals surface area contributed by atoms with Crippen LogP contribution in [0.4, 0.5) is 0 Å². The van der Waals surface area contributed by atoms with Gasteiger partial charge in [-0.1, -0.05) is 0 Å². The number of aromatic nitrogens is 1. The Balaban J connectivity index is 1.54. The second-order valence-electron chi connectivity index (χ2n) is 6.21. The fourth-order valence-corrected chi connectivity index (χ4v) is 4.13. The first-order valence-corrected chi connectivity index (χ1v) is 8.60. The minimum absolute atomic E-state index is 0.0467. The third-order valence-electron chi connectivity index (χ3n) is 4.51. The van der Waals surface area contributed by atoms with Crippen molar-refractivity contribution < 1.29 is 9.90 Å². The molecule has 6 heteroatoms. The van der Waals surface area contributed by atoms with Crippen molar-refractivity contribution in [3.8, 4) is 0 Å². The van der Waals surface area contributed by atoms with Gasteiger partial charge in [0.25, 0.3) is 0 Å². The molecular formula is C15H23N3O2S. The first-order chi connectivity index (χ1) is 10.1. The van der Waals surface area contributed by atoms with Gasteiger partial charge in [0.05, 0.1) is 11.6 Å². The summed E-state index contributed by atoms with van der Waals surface area (Å²) in [6, 6.07) is 0. The van der Waals surface area contributed by atoms with E-state index >= 15 is 0 Å². The van der Waals surface area contributed by atoms with Gasteiger partial charge < -0.3 is 15.3 Å². The van der Waals surface area contributed by atoms with Gasteiger partial charge in [-0.3, -0.25) is 4.79 Å². The maximum Gasteiger partial charge on any atom is 0.222 e. The molecule has 1 saturated heterocycles. The van der Waals surface area contributed by atoms with Gasteiger partial charge in [-0.25, -0.2) is 4.98 Å². The summed E-state index contributed by atoms with van der Waals surface area (Å²) in [5.74, 6) is 0.169. The Bertz CT molecular complexity index is 513. The van der Waals surface area contributed by atoms with Crippen molar-refractivity contribution in [3.05, 3.63) is 16.1 Å². The molecular weight excluding hydrogens is 286 g/mol. The SMILES string of the molecule is Cc1csc(C2(NCC(O)CN3CCCC3=O)CCC2)n1. The zero-order valence-corrected chi connectivity index (χ0v) is 13.3. The van der Waals surface area contributed by atoms with Crippen molar-refractivity contribution >= 4 is 17.2 Å². The number of aryl methyl sites for hydroxylation is 1. The molecule has 2 N–H and O–H groups in total. The van der Waals surface area contributed by atoms with E-state index in [1.54, 1.807) is 16.2 Å². The van der Waals surface area contributed by atoms with Crippen molar-refractivity contribution in [1.29, 1.82) is 0 Å². The quantitative estimate of drug-likeness (QED) is 0.834. The van der Waals surface area contributed by atoms with Gasteiger partial charge in [-0.15, -0.1) is 11.3 Å². The highest BCUT2D eigenvalue weighted by molar-refractivity contribution is 7.09. The lowest BCUT2D eigenvalue weighted by molar-refractivity contribution is -0.128. The number of aliphatic hydroxyl groups is 1. The van der Waals surface area contributed by atoms with Gasteiger partial charge in [0.2, 0.25) is 5.91 Å². The van der Waals surface area contributed by atoms with E-state index in [-0.39, 0.29) is 11.4 Å². The highest BCUT2D eigenvalue weighted by atomic mass is 32.1. The first-order valence-electron chi connectivity index (χ1n) is 7.72. The van der Waals surface area contributed by atoms with E-state index in [1.807, 2.05) is 6.92 Å². The largest absolute Gasteiger partial charge is 0.390 e. The molecule has 1 aliphatic carbocycles. The second-order valence-corrected chi connectivity index (χ2v) is 7.07. The summed E-state index contributed by atoms with van der Waals surface area (Å²) in [4.78, 5) is 18.0. The molecule has 2 heterocycles. The minimum Gasteiger partial charge on any atom is -0.390 e. The predicted molar refractivity (Wildman–Crippen MR) is 82.2 cm³/mol. The first kappa shape index (κ1) is 14.9. The third kappa shape index (κ3) is 3.12. The predicted octanol–water partition coefficient (Wildman–Crippen LogP) is 1.40. The summed E-state index contributed by atoms with van der Waals surface area (Å²) >= 11 is 1.70. The summed E-state index contributed by atoms with van der Waals surface area (Å²) in [5.41, 5.74) is 1.01. The second kappa shape index (κ2) is 6.02. The Hall–Kier alpha value is -0.980. The van der Waals surface area contributed by atoms with Crippen molar-refractivity contribution in [1.82, 2.24) is 15.2 Å². The van der Waals surface area contributed by atoms with Crippen LogP contribution in [0.25, 0.3) is 0 Å². The summed E-state index contributed by atoms with van der Waals surface area (Å²) in [6.07, 6.45) is 4.39. The van der Waals surface area contributed by atoms with Crippen LogP contribution in [0, 0.1) is 6.92 Å². The lowest BCUT2D eigenvalue weighted by Crippen LogP contribution is -2.52. The molecule has 1 aromatic heterocycles. The normalized spacial score (nSPS) is 22.4. The Morgan fingerprint density at radius 2 is 2.33 bits per heavy atom. The average Bonchev–Trinajstić information content (AvgIpc) is 2.99. The van der Waals surface area contributed by atoms with Crippen LogP contribution < -0.4 is 5.32 Å². The van der Waals surface area contributed by atoms with Gasteiger partial charge in [-0.2, -0.15) is 0 Å². The Kier molecular flexibility index (Phi) is 4.28. The van der Waals surface area contributed by atoms with E-state index in [2.05, 4.69) is 15.7 Å². The molecule has 0 aromatic carbocycles. The third-order valence-corrected chi connectivity index (χ3v) is 5.68. The highest BCUT2D eigenvalue weighted by Crippen LogP contribution is 2.42. The van der Waals surface area contributed by atoms with E-state index in [4.69, 9.17) is 0 Å². The number of amides is 1. The summed E-state index contributed by atoms with van der Waals surface area (Å²) in [5, 5.41) is 16.9. The molecule has 1 amide bonds. The van der Waals surface area contributed by atoms with Crippen LogP contribution in [0.5, 0.6) is 0 Å². The van der Waals surface area contributed by atoms with Gasteiger partial charge in [0.1, 0.15) is 5.01 Å². The number of aliphatic hydroxyl groups excluding tert-OH is 1.